The lowest BCUT2D eigenvalue weighted by atomic mass is 10.1. The van der Waals surface area contributed by atoms with E-state index in [1.807, 2.05) is 0 Å². The van der Waals surface area contributed by atoms with Crippen LogP contribution < -0.4 is 5.32 Å². The van der Waals surface area contributed by atoms with Crippen LogP contribution in [0, 0.1) is 0 Å². The van der Waals surface area contributed by atoms with E-state index in [2.05, 4.69) is 25.3 Å². The van der Waals surface area contributed by atoms with Crippen LogP contribution in [0.1, 0.15) is 17.8 Å². The van der Waals surface area contributed by atoms with Gasteiger partial charge in [0.25, 0.3) is 0 Å². The Kier molecular flexibility index (Phi) is 4.07. The van der Waals surface area contributed by atoms with Crippen LogP contribution in [-0.2, 0) is 11.3 Å². The van der Waals surface area contributed by atoms with Crippen molar-refractivity contribution in [3.8, 4) is 0 Å². The molecule has 106 valence electrons. The largest absolute Gasteiger partial charge is 0.383 e. The molecule has 4 rings (SSSR count). The molecule has 1 unspecified atom stereocenters. The van der Waals surface area contributed by atoms with E-state index >= 15 is 0 Å². The summed E-state index contributed by atoms with van der Waals surface area (Å²) in [5.74, 6) is 1.48. The summed E-state index contributed by atoms with van der Waals surface area (Å²) in [5.41, 5.74) is 0. The second-order valence-electron chi connectivity index (χ2n) is 5.07. The van der Waals surface area contributed by atoms with Gasteiger partial charge in [-0.25, -0.2) is 0 Å². The number of hydrogen-bond acceptors (Lipinski definition) is 7. The highest BCUT2D eigenvalue weighted by molar-refractivity contribution is 5.01. The first-order chi connectivity index (χ1) is 9.36. The molecule has 19 heavy (non-hydrogen) atoms. The van der Waals surface area contributed by atoms with Crippen LogP contribution in [0.2, 0.25) is 0 Å². The van der Waals surface area contributed by atoms with Crippen molar-refractivity contribution in [3.05, 3.63) is 11.7 Å². The van der Waals surface area contributed by atoms with Crippen LogP contribution in [0.15, 0.2) is 4.52 Å². The molecule has 4 heterocycles. The Morgan fingerprint density at radius 3 is 2.89 bits per heavy atom. The number of ether oxygens (including phenoxy) is 1. The van der Waals surface area contributed by atoms with E-state index in [-0.39, 0.29) is 0 Å². The van der Waals surface area contributed by atoms with Gasteiger partial charge in [0.15, 0.2) is 5.82 Å². The molecule has 1 aromatic rings. The van der Waals surface area contributed by atoms with Gasteiger partial charge < -0.3 is 14.6 Å². The summed E-state index contributed by atoms with van der Waals surface area (Å²) in [6.07, 6.45) is 0. The van der Waals surface area contributed by atoms with Crippen molar-refractivity contribution in [1.29, 1.82) is 0 Å². The third-order valence-corrected chi connectivity index (χ3v) is 3.82. The third kappa shape index (κ3) is 2.94. The molecule has 7 nitrogen and oxygen atoms in total. The molecule has 0 spiro atoms. The molecule has 0 aliphatic carbocycles. The van der Waals surface area contributed by atoms with Gasteiger partial charge in [0.2, 0.25) is 5.89 Å². The molecule has 1 atom stereocenters. The molecule has 3 saturated heterocycles. The number of methoxy groups -OCH3 is 1. The molecule has 0 aromatic carbocycles. The van der Waals surface area contributed by atoms with Gasteiger partial charge in [-0.05, 0) is 0 Å². The molecule has 0 radical (unpaired) electrons. The van der Waals surface area contributed by atoms with E-state index in [0.29, 0.717) is 25.1 Å². The molecule has 2 bridgehead atoms. The van der Waals surface area contributed by atoms with Gasteiger partial charge in [-0.3, -0.25) is 9.80 Å². The first kappa shape index (κ1) is 13.0. The Labute approximate surface area is 112 Å². The number of aromatic nitrogens is 2. The lowest BCUT2D eigenvalue weighted by Crippen LogP contribution is -2.57. The number of fused-ring (bicyclic) bond motifs is 3. The number of rotatable bonds is 6. The van der Waals surface area contributed by atoms with Crippen LogP contribution in [0.3, 0.4) is 0 Å². The summed E-state index contributed by atoms with van der Waals surface area (Å²) < 4.78 is 10.3. The van der Waals surface area contributed by atoms with Crippen molar-refractivity contribution in [2.45, 2.75) is 12.6 Å². The van der Waals surface area contributed by atoms with Crippen LogP contribution >= 0.6 is 0 Å². The highest BCUT2D eigenvalue weighted by Gasteiger charge is 2.35. The standard InChI is InChI=1S/C12H21N5O2/c1-18-7-2-13-8-11-14-12(15-19-11)10-9-16-3-5-17(10)6-4-16/h10,13H,2-9H2,1H3. The third-order valence-electron chi connectivity index (χ3n) is 3.82. The van der Waals surface area contributed by atoms with Crippen molar-refractivity contribution in [2.75, 3.05) is 53.0 Å². The first-order valence-corrected chi connectivity index (χ1v) is 6.85. The van der Waals surface area contributed by atoms with E-state index in [1.165, 1.54) is 13.1 Å². The van der Waals surface area contributed by atoms with Crippen molar-refractivity contribution >= 4 is 0 Å². The Balaban J connectivity index is 1.55. The highest BCUT2D eigenvalue weighted by Crippen LogP contribution is 2.26. The fraction of sp³-hybridized carbons (Fsp3) is 0.833. The number of nitrogens with zero attached hydrogens (tertiary/aromatic N) is 4. The van der Waals surface area contributed by atoms with Gasteiger partial charge in [-0.2, -0.15) is 4.98 Å². The van der Waals surface area contributed by atoms with E-state index in [4.69, 9.17) is 9.26 Å². The summed E-state index contributed by atoms with van der Waals surface area (Å²) in [6.45, 7) is 7.66. The monoisotopic (exact) mass is 267 g/mol. The Morgan fingerprint density at radius 2 is 2.21 bits per heavy atom. The molecular weight excluding hydrogens is 246 g/mol. The van der Waals surface area contributed by atoms with E-state index in [9.17, 15) is 0 Å². The smallest absolute Gasteiger partial charge is 0.240 e. The van der Waals surface area contributed by atoms with Crippen LogP contribution in [0.25, 0.3) is 0 Å². The maximum absolute atomic E-state index is 5.30. The molecule has 1 aromatic heterocycles. The van der Waals surface area contributed by atoms with Crippen LogP contribution in [0.4, 0.5) is 0 Å². The van der Waals surface area contributed by atoms with Gasteiger partial charge in [-0.1, -0.05) is 5.16 Å². The van der Waals surface area contributed by atoms with E-state index in [1.54, 1.807) is 7.11 Å². The summed E-state index contributed by atoms with van der Waals surface area (Å²) in [4.78, 5) is 9.42. The highest BCUT2D eigenvalue weighted by atomic mass is 16.5. The van der Waals surface area contributed by atoms with Gasteiger partial charge in [0, 0.05) is 46.4 Å². The van der Waals surface area contributed by atoms with Gasteiger partial charge >= 0.3 is 0 Å². The predicted molar refractivity (Wildman–Crippen MR) is 68.6 cm³/mol. The normalized spacial score (nSPS) is 29.8. The summed E-state index contributed by atoms with van der Waals surface area (Å²) in [7, 11) is 1.69. The quantitative estimate of drug-likeness (QED) is 0.695. The zero-order valence-corrected chi connectivity index (χ0v) is 11.3. The SMILES string of the molecule is COCCNCc1nc(C2CN3CCN2CC3)no1. The molecular formula is C12H21N5O2. The fourth-order valence-electron chi connectivity index (χ4n) is 2.71. The van der Waals surface area contributed by atoms with Gasteiger partial charge in [0.1, 0.15) is 0 Å². The second-order valence-corrected chi connectivity index (χ2v) is 5.07. The molecule has 3 aliphatic heterocycles. The molecule has 3 aliphatic rings. The Hall–Kier alpha value is -1.02. The average Bonchev–Trinajstić information content (AvgIpc) is 2.94. The molecule has 7 heteroatoms. The number of nitrogens with one attached hydrogen (secondary N) is 1. The van der Waals surface area contributed by atoms with Gasteiger partial charge in [-0.15, -0.1) is 0 Å². The zero-order valence-electron chi connectivity index (χ0n) is 11.3. The second kappa shape index (κ2) is 5.96. The Bertz CT molecular complexity index is 403. The van der Waals surface area contributed by atoms with Gasteiger partial charge in [0.05, 0.1) is 19.2 Å². The fourth-order valence-corrected chi connectivity index (χ4v) is 2.71. The van der Waals surface area contributed by atoms with E-state index < -0.39 is 0 Å². The number of hydrogen-bond donors (Lipinski definition) is 1. The minimum atomic E-state index is 0.305. The van der Waals surface area contributed by atoms with Crippen LogP contribution in [-0.4, -0.2) is 72.9 Å². The first-order valence-electron chi connectivity index (χ1n) is 6.85. The average molecular weight is 267 g/mol. The Morgan fingerprint density at radius 1 is 1.37 bits per heavy atom. The molecule has 0 saturated carbocycles. The molecule has 1 N–H and O–H groups in total. The topological polar surface area (TPSA) is 66.7 Å². The maximum Gasteiger partial charge on any atom is 0.240 e. The summed E-state index contributed by atoms with van der Waals surface area (Å²) >= 11 is 0. The van der Waals surface area contributed by atoms with Crippen molar-refractivity contribution in [2.24, 2.45) is 0 Å². The lowest BCUT2D eigenvalue weighted by Gasteiger charge is -2.46. The van der Waals surface area contributed by atoms with Crippen molar-refractivity contribution < 1.29 is 9.26 Å². The summed E-state index contributed by atoms with van der Waals surface area (Å²) in [6, 6.07) is 0.305. The minimum absolute atomic E-state index is 0.305. The number of piperazine rings is 3. The lowest BCUT2D eigenvalue weighted by molar-refractivity contribution is 0.00781. The van der Waals surface area contributed by atoms with Crippen molar-refractivity contribution in [3.63, 3.8) is 0 Å². The predicted octanol–water partition coefficient (Wildman–Crippen LogP) is -0.522. The maximum atomic E-state index is 5.30. The summed E-state index contributed by atoms with van der Waals surface area (Å²) in [5, 5.41) is 7.34. The van der Waals surface area contributed by atoms with E-state index in [0.717, 1.165) is 32.0 Å². The molecule has 0 amide bonds. The minimum Gasteiger partial charge on any atom is -0.383 e. The zero-order chi connectivity index (χ0) is 13.1. The van der Waals surface area contributed by atoms with Crippen LogP contribution in [0.5, 0.6) is 0 Å². The molecule has 3 fully saturated rings. The van der Waals surface area contributed by atoms with Crippen molar-refractivity contribution in [1.82, 2.24) is 25.3 Å².